The van der Waals surface area contributed by atoms with Crippen molar-refractivity contribution in [2.24, 2.45) is 5.73 Å². The molecule has 1 aromatic heterocycles. The summed E-state index contributed by atoms with van der Waals surface area (Å²) in [6, 6.07) is 8.20. The SMILES string of the molecule is COc1cc(C)cc2ccc(CCN)nc12. The van der Waals surface area contributed by atoms with Crippen LogP contribution in [0.3, 0.4) is 0 Å². The number of hydrogen-bond donors (Lipinski definition) is 1. The van der Waals surface area contributed by atoms with Gasteiger partial charge < -0.3 is 10.5 Å². The lowest BCUT2D eigenvalue weighted by Gasteiger charge is -2.08. The van der Waals surface area contributed by atoms with E-state index in [2.05, 4.69) is 24.0 Å². The van der Waals surface area contributed by atoms with Gasteiger partial charge in [0, 0.05) is 17.5 Å². The first kappa shape index (κ1) is 10.9. The van der Waals surface area contributed by atoms with Crippen LogP contribution in [0, 0.1) is 6.92 Å². The largest absolute Gasteiger partial charge is 0.494 e. The van der Waals surface area contributed by atoms with Crippen molar-refractivity contribution < 1.29 is 4.74 Å². The fourth-order valence-electron chi connectivity index (χ4n) is 1.83. The zero-order chi connectivity index (χ0) is 11.5. The summed E-state index contributed by atoms with van der Waals surface area (Å²) in [6.45, 7) is 2.67. The van der Waals surface area contributed by atoms with E-state index in [1.807, 2.05) is 12.1 Å². The van der Waals surface area contributed by atoms with E-state index in [1.165, 1.54) is 5.56 Å². The Morgan fingerprint density at radius 3 is 2.81 bits per heavy atom. The quantitative estimate of drug-likeness (QED) is 0.854. The molecule has 0 aliphatic rings. The minimum absolute atomic E-state index is 0.618. The summed E-state index contributed by atoms with van der Waals surface area (Å²) in [7, 11) is 1.67. The average Bonchev–Trinajstić information content (AvgIpc) is 2.29. The van der Waals surface area contributed by atoms with Gasteiger partial charge in [0.2, 0.25) is 0 Å². The molecule has 0 saturated carbocycles. The maximum atomic E-state index is 5.53. The zero-order valence-corrected chi connectivity index (χ0v) is 9.66. The molecule has 0 spiro atoms. The molecule has 3 heteroatoms. The second kappa shape index (κ2) is 4.49. The summed E-state index contributed by atoms with van der Waals surface area (Å²) in [4.78, 5) is 4.57. The predicted molar refractivity (Wildman–Crippen MR) is 65.8 cm³/mol. The van der Waals surface area contributed by atoms with Gasteiger partial charge in [0.15, 0.2) is 0 Å². The summed E-state index contributed by atoms with van der Waals surface area (Å²) in [5, 5.41) is 1.11. The van der Waals surface area contributed by atoms with Crippen LogP contribution in [0.1, 0.15) is 11.3 Å². The first-order chi connectivity index (χ1) is 7.74. The average molecular weight is 216 g/mol. The lowest BCUT2D eigenvalue weighted by Crippen LogP contribution is -2.04. The standard InChI is InChI=1S/C13H16N2O/c1-9-7-10-3-4-11(5-6-14)15-13(10)12(8-9)16-2/h3-4,7-8H,5-6,14H2,1-2H3. The van der Waals surface area contributed by atoms with Gasteiger partial charge in [0.1, 0.15) is 11.3 Å². The molecule has 0 amide bonds. The zero-order valence-electron chi connectivity index (χ0n) is 9.66. The van der Waals surface area contributed by atoms with Gasteiger partial charge in [-0.15, -0.1) is 0 Å². The van der Waals surface area contributed by atoms with Crippen molar-refractivity contribution in [2.75, 3.05) is 13.7 Å². The van der Waals surface area contributed by atoms with Gasteiger partial charge in [-0.1, -0.05) is 6.07 Å². The van der Waals surface area contributed by atoms with Gasteiger partial charge in [0.25, 0.3) is 0 Å². The number of fused-ring (bicyclic) bond motifs is 1. The van der Waals surface area contributed by atoms with Crippen molar-refractivity contribution in [1.29, 1.82) is 0 Å². The molecular formula is C13H16N2O. The van der Waals surface area contributed by atoms with E-state index >= 15 is 0 Å². The molecule has 0 atom stereocenters. The fourth-order valence-corrected chi connectivity index (χ4v) is 1.83. The highest BCUT2D eigenvalue weighted by molar-refractivity contribution is 5.85. The van der Waals surface area contributed by atoms with E-state index in [-0.39, 0.29) is 0 Å². The van der Waals surface area contributed by atoms with Crippen LogP contribution in [0.2, 0.25) is 0 Å². The van der Waals surface area contributed by atoms with Crippen LogP contribution < -0.4 is 10.5 Å². The van der Waals surface area contributed by atoms with E-state index in [4.69, 9.17) is 10.5 Å². The molecule has 0 aliphatic carbocycles. The number of ether oxygens (including phenoxy) is 1. The molecule has 2 rings (SSSR count). The number of nitrogens with two attached hydrogens (primary N) is 1. The van der Waals surface area contributed by atoms with Crippen LogP contribution in [-0.4, -0.2) is 18.6 Å². The molecule has 1 heterocycles. The molecule has 2 N–H and O–H groups in total. The van der Waals surface area contributed by atoms with Crippen LogP contribution >= 0.6 is 0 Å². The van der Waals surface area contributed by atoms with Crippen LogP contribution in [-0.2, 0) is 6.42 Å². The number of aryl methyl sites for hydroxylation is 1. The number of benzene rings is 1. The van der Waals surface area contributed by atoms with E-state index in [1.54, 1.807) is 7.11 Å². The van der Waals surface area contributed by atoms with Gasteiger partial charge in [-0.25, -0.2) is 4.98 Å². The smallest absolute Gasteiger partial charge is 0.145 e. The van der Waals surface area contributed by atoms with Crippen molar-refractivity contribution in [1.82, 2.24) is 4.98 Å². The Bertz CT molecular complexity index is 509. The number of methoxy groups -OCH3 is 1. The molecule has 3 nitrogen and oxygen atoms in total. The Morgan fingerprint density at radius 2 is 2.12 bits per heavy atom. The molecule has 84 valence electrons. The highest BCUT2D eigenvalue weighted by atomic mass is 16.5. The normalized spacial score (nSPS) is 10.7. The summed E-state index contributed by atoms with van der Waals surface area (Å²) in [5.41, 5.74) is 8.63. The van der Waals surface area contributed by atoms with Gasteiger partial charge in [-0.3, -0.25) is 0 Å². The Morgan fingerprint density at radius 1 is 1.31 bits per heavy atom. The van der Waals surface area contributed by atoms with Crippen molar-refractivity contribution in [3.8, 4) is 5.75 Å². The molecule has 0 radical (unpaired) electrons. The lowest BCUT2D eigenvalue weighted by atomic mass is 10.1. The van der Waals surface area contributed by atoms with Gasteiger partial charge >= 0.3 is 0 Å². The fraction of sp³-hybridized carbons (Fsp3) is 0.308. The topological polar surface area (TPSA) is 48.1 Å². The Labute approximate surface area is 95.2 Å². The molecule has 0 bridgehead atoms. The minimum Gasteiger partial charge on any atom is -0.494 e. The van der Waals surface area contributed by atoms with Crippen molar-refractivity contribution in [2.45, 2.75) is 13.3 Å². The summed E-state index contributed by atoms with van der Waals surface area (Å²) < 4.78 is 5.35. The van der Waals surface area contributed by atoms with Gasteiger partial charge in [0.05, 0.1) is 7.11 Å². The Hall–Kier alpha value is -1.61. The van der Waals surface area contributed by atoms with Crippen LogP contribution in [0.15, 0.2) is 24.3 Å². The molecule has 2 aromatic rings. The third-order valence-corrected chi connectivity index (χ3v) is 2.58. The summed E-state index contributed by atoms with van der Waals surface area (Å²) >= 11 is 0. The van der Waals surface area contributed by atoms with E-state index < -0.39 is 0 Å². The molecule has 16 heavy (non-hydrogen) atoms. The molecule has 0 saturated heterocycles. The highest BCUT2D eigenvalue weighted by Crippen LogP contribution is 2.25. The number of aromatic nitrogens is 1. The first-order valence-electron chi connectivity index (χ1n) is 5.39. The second-order valence-electron chi connectivity index (χ2n) is 3.88. The summed E-state index contributed by atoms with van der Waals surface area (Å²) in [5.74, 6) is 0.828. The van der Waals surface area contributed by atoms with E-state index in [0.717, 1.165) is 28.8 Å². The summed E-state index contributed by atoms with van der Waals surface area (Å²) in [6.07, 6.45) is 0.799. The van der Waals surface area contributed by atoms with Gasteiger partial charge in [-0.2, -0.15) is 0 Å². The molecule has 0 unspecified atom stereocenters. The Kier molecular flexibility index (Phi) is 3.06. The molecule has 1 aromatic carbocycles. The van der Waals surface area contributed by atoms with E-state index in [0.29, 0.717) is 6.54 Å². The number of pyridine rings is 1. The number of hydrogen-bond acceptors (Lipinski definition) is 3. The number of rotatable bonds is 3. The Balaban J connectivity index is 2.61. The third kappa shape index (κ3) is 1.99. The van der Waals surface area contributed by atoms with Crippen LogP contribution in [0.25, 0.3) is 10.9 Å². The molecule has 0 aliphatic heterocycles. The monoisotopic (exact) mass is 216 g/mol. The van der Waals surface area contributed by atoms with Crippen molar-refractivity contribution in [3.05, 3.63) is 35.5 Å². The second-order valence-corrected chi connectivity index (χ2v) is 3.88. The maximum Gasteiger partial charge on any atom is 0.145 e. The molecular weight excluding hydrogens is 200 g/mol. The third-order valence-electron chi connectivity index (χ3n) is 2.58. The molecule has 0 fully saturated rings. The number of nitrogens with zero attached hydrogens (tertiary/aromatic N) is 1. The van der Waals surface area contributed by atoms with Crippen LogP contribution in [0.5, 0.6) is 5.75 Å². The van der Waals surface area contributed by atoms with Crippen LogP contribution in [0.4, 0.5) is 0 Å². The van der Waals surface area contributed by atoms with E-state index in [9.17, 15) is 0 Å². The lowest BCUT2D eigenvalue weighted by molar-refractivity contribution is 0.418. The van der Waals surface area contributed by atoms with Crippen molar-refractivity contribution >= 4 is 10.9 Å². The van der Waals surface area contributed by atoms with Crippen molar-refractivity contribution in [3.63, 3.8) is 0 Å². The maximum absolute atomic E-state index is 5.53. The first-order valence-corrected chi connectivity index (χ1v) is 5.39. The highest BCUT2D eigenvalue weighted by Gasteiger charge is 2.05. The predicted octanol–water partition coefficient (Wildman–Crippen LogP) is 2.05. The van der Waals surface area contributed by atoms with Gasteiger partial charge in [-0.05, 0) is 37.2 Å². The minimum atomic E-state index is 0.618.